The van der Waals surface area contributed by atoms with Crippen LogP contribution in [0.5, 0.6) is 0 Å². The van der Waals surface area contributed by atoms with Crippen LogP contribution in [0.4, 0.5) is 0 Å². The summed E-state index contributed by atoms with van der Waals surface area (Å²) in [5.74, 6) is 0.187. The summed E-state index contributed by atoms with van der Waals surface area (Å²) < 4.78 is 1.96. The average molecular weight is 246 g/mol. The van der Waals surface area contributed by atoms with Gasteiger partial charge in [-0.3, -0.25) is 4.68 Å². The monoisotopic (exact) mass is 246 g/mol. The zero-order valence-corrected chi connectivity index (χ0v) is 11.1. The second-order valence-electron chi connectivity index (χ2n) is 5.21. The first-order valence-corrected chi connectivity index (χ1v) is 6.91. The van der Waals surface area contributed by atoms with Crippen LogP contribution in [0.15, 0.2) is 12.4 Å². The number of aromatic nitrogens is 2. The van der Waals surface area contributed by atoms with Gasteiger partial charge >= 0.3 is 0 Å². The molecule has 1 N–H and O–H groups in total. The summed E-state index contributed by atoms with van der Waals surface area (Å²) in [4.78, 5) is 0. The van der Waals surface area contributed by atoms with Gasteiger partial charge in [-0.25, -0.2) is 0 Å². The maximum absolute atomic E-state index is 9.20. The van der Waals surface area contributed by atoms with E-state index in [9.17, 15) is 5.26 Å². The van der Waals surface area contributed by atoms with Crippen LogP contribution in [0.25, 0.3) is 0 Å². The Morgan fingerprint density at radius 1 is 1.44 bits per heavy atom. The predicted octanol–water partition coefficient (Wildman–Crippen LogP) is 2.25. The standard InChI is InChI=1S/C14H22N4/c1-12-10-17-18(11-12)8-7-16-14-6-4-2-3-5-13(14)9-15/h10-11,13-14,16H,2-8H2,1H3. The van der Waals surface area contributed by atoms with Crippen molar-refractivity contribution in [3.63, 3.8) is 0 Å². The van der Waals surface area contributed by atoms with E-state index in [0.717, 1.165) is 25.9 Å². The van der Waals surface area contributed by atoms with Gasteiger partial charge in [-0.1, -0.05) is 19.3 Å². The van der Waals surface area contributed by atoms with Crippen LogP contribution in [0.2, 0.25) is 0 Å². The number of rotatable bonds is 4. The highest BCUT2D eigenvalue weighted by Crippen LogP contribution is 2.22. The van der Waals surface area contributed by atoms with Crippen LogP contribution in [-0.4, -0.2) is 22.4 Å². The van der Waals surface area contributed by atoms with Gasteiger partial charge in [0, 0.05) is 18.8 Å². The molecule has 1 heterocycles. The summed E-state index contributed by atoms with van der Waals surface area (Å²) in [6, 6.07) is 2.83. The quantitative estimate of drug-likeness (QED) is 0.829. The van der Waals surface area contributed by atoms with Gasteiger partial charge in [0.15, 0.2) is 0 Å². The van der Waals surface area contributed by atoms with Crippen molar-refractivity contribution >= 4 is 0 Å². The largest absolute Gasteiger partial charge is 0.311 e. The molecular weight excluding hydrogens is 224 g/mol. The van der Waals surface area contributed by atoms with Gasteiger partial charge in [0.05, 0.1) is 24.7 Å². The molecule has 1 fully saturated rings. The zero-order chi connectivity index (χ0) is 12.8. The van der Waals surface area contributed by atoms with E-state index < -0.39 is 0 Å². The zero-order valence-electron chi connectivity index (χ0n) is 11.1. The molecule has 0 aromatic carbocycles. The Kier molecular flexibility index (Phi) is 4.77. The maximum atomic E-state index is 9.20. The normalized spacial score (nSPS) is 24.4. The summed E-state index contributed by atoms with van der Waals surface area (Å²) in [6.07, 6.45) is 9.84. The Balaban J connectivity index is 1.79. The molecule has 2 rings (SSSR count). The maximum Gasteiger partial charge on any atom is 0.0672 e. The van der Waals surface area contributed by atoms with Crippen molar-refractivity contribution in [2.24, 2.45) is 5.92 Å². The molecule has 0 aliphatic heterocycles. The number of nitriles is 1. The van der Waals surface area contributed by atoms with Crippen molar-refractivity contribution in [2.45, 2.75) is 51.6 Å². The number of aryl methyl sites for hydroxylation is 1. The summed E-state index contributed by atoms with van der Waals surface area (Å²) in [7, 11) is 0. The van der Waals surface area contributed by atoms with Gasteiger partial charge in [-0.2, -0.15) is 10.4 Å². The minimum Gasteiger partial charge on any atom is -0.311 e. The van der Waals surface area contributed by atoms with Crippen LogP contribution >= 0.6 is 0 Å². The molecule has 1 aromatic rings. The Labute approximate surface area is 109 Å². The second-order valence-corrected chi connectivity index (χ2v) is 5.21. The summed E-state index contributed by atoms with van der Waals surface area (Å²) in [6.45, 7) is 3.82. The lowest BCUT2D eigenvalue weighted by molar-refractivity contribution is 0.382. The molecule has 0 bridgehead atoms. The Bertz CT molecular complexity index is 404. The van der Waals surface area contributed by atoms with Crippen molar-refractivity contribution in [1.82, 2.24) is 15.1 Å². The third kappa shape index (κ3) is 3.58. The molecule has 18 heavy (non-hydrogen) atoms. The average Bonchev–Trinajstić information content (AvgIpc) is 2.64. The smallest absolute Gasteiger partial charge is 0.0672 e. The molecule has 1 saturated carbocycles. The van der Waals surface area contributed by atoms with Crippen LogP contribution in [0, 0.1) is 24.2 Å². The third-order valence-electron chi connectivity index (χ3n) is 3.69. The van der Waals surface area contributed by atoms with Crippen LogP contribution < -0.4 is 5.32 Å². The molecule has 1 aromatic heterocycles. The molecule has 2 atom stereocenters. The number of hydrogen-bond acceptors (Lipinski definition) is 3. The minimum absolute atomic E-state index is 0.187. The first-order chi connectivity index (χ1) is 8.79. The van der Waals surface area contributed by atoms with Crippen LogP contribution in [-0.2, 0) is 6.54 Å². The van der Waals surface area contributed by atoms with Gasteiger partial charge in [0.1, 0.15) is 0 Å². The lowest BCUT2D eigenvalue weighted by atomic mass is 9.96. The van der Waals surface area contributed by atoms with Crippen molar-refractivity contribution in [1.29, 1.82) is 5.26 Å². The topological polar surface area (TPSA) is 53.6 Å². The van der Waals surface area contributed by atoms with Crippen molar-refractivity contribution < 1.29 is 0 Å². The highest BCUT2D eigenvalue weighted by Gasteiger charge is 2.22. The van der Waals surface area contributed by atoms with Crippen molar-refractivity contribution in [2.75, 3.05) is 6.54 Å². The van der Waals surface area contributed by atoms with E-state index in [0.29, 0.717) is 6.04 Å². The highest BCUT2D eigenvalue weighted by molar-refractivity contribution is 4.99. The van der Waals surface area contributed by atoms with Crippen molar-refractivity contribution in [3.8, 4) is 6.07 Å². The van der Waals surface area contributed by atoms with Gasteiger partial charge in [0.25, 0.3) is 0 Å². The summed E-state index contributed by atoms with van der Waals surface area (Å²) in [5.41, 5.74) is 1.19. The Hall–Kier alpha value is -1.34. The van der Waals surface area contributed by atoms with E-state index in [2.05, 4.69) is 22.7 Å². The molecule has 1 aliphatic carbocycles. The minimum atomic E-state index is 0.187. The highest BCUT2D eigenvalue weighted by atomic mass is 15.3. The van der Waals surface area contributed by atoms with Gasteiger partial charge in [-0.05, 0) is 25.3 Å². The molecule has 4 heteroatoms. The van der Waals surface area contributed by atoms with Gasteiger partial charge < -0.3 is 5.32 Å². The molecule has 98 valence electrons. The van der Waals surface area contributed by atoms with E-state index in [-0.39, 0.29) is 5.92 Å². The molecule has 2 unspecified atom stereocenters. The third-order valence-corrected chi connectivity index (χ3v) is 3.69. The number of hydrogen-bond donors (Lipinski definition) is 1. The van der Waals surface area contributed by atoms with E-state index in [1.807, 2.05) is 17.8 Å². The van der Waals surface area contributed by atoms with Crippen molar-refractivity contribution in [3.05, 3.63) is 18.0 Å². The SMILES string of the molecule is Cc1cnn(CCNC2CCCCCC2C#N)c1. The lowest BCUT2D eigenvalue weighted by Gasteiger charge is -2.20. The van der Waals surface area contributed by atoms with Crippen LogP contribution in [0.1, 0.15) is 37.7 Å². The Morgan fingerprint density at radius 2 is 2.28 bits per heavy atom. The number of nitrogens with zero attached hydrogens (tertiary/aromatic N) is 3. The molecule has 0 amide bonds. The second kappa shape index (κ2) is 6.55. The van der Waals surface area contributed by atoms with E-state index in [4.69, 9.17) is 0 Å². The van der Waals surface area contributed by atoms with E-state index >= 15 is 0 Å². The first-order valence-electron chi connectivity index (χ1n) is 6.91. The fourth-order valence-corrected chi connectivity index (χ4v) is 2.66. The van der Waals surface area contributed by atoms with E-state index in [1.54, 1.807) is 0 Å². The molecule has 4 nitrogen and oxygen atoms in total. The summed E-state index contributed by atoms with van der Waals surface area (Å²) >= 11 is 0. The predicted molar refractivity (Wildman–Crippen MR) is 70.9 cm³/mol. The van der Waals surface area contributed by atoms with Gasteiger partial charge in [0.2, 0.25) is 0 Å². The lowest BCUT2D eigenvalue weighted by Crippen LogP contribution is -2.37. The Morgan fingerprint density at radius 3 is 3.00 bits per heavy atom. The fourth-order valence-electron chi connectivity index (χ4n) is 2.66. The molecular formula is C14H22N4. The molecule has 0 spiro atoms. The number of nitrogens with one attached hydrogen (secondary N) is 1. The van der Waals surface area contributed by atoms with Crippen LogP contribution in [0.3, 0.4) is 0 Å². The molecule has 1 aliphatic rings. The summed E-state index contributed by atoms with van der Waals surface area (Å²) in [5, 5.41) is 17.0. The molecule has 0 radical (unpaired) electrons. The van der Waals surface area contributed by atoms with E-state index in [1.165, 1.54) is 24.8 Å². The van der Waals surface area contributed by atoms with Gasteiger partial charge in [-0.15, -0.1) is 0 Å². The first kappa shape index (κ1) is 13.1. The fraction of sp³-hybridized carbons (Fsp3) is 0.714. The molecule has 0 saturated heterocycles.